The Morgan fingerprint density at radius 3 is 2.61 bits per heavy atom. The second-order valence-electron chi connectivity index (χ2n) is 3.90. The van der Waals surface area contributed by atoms with Gasteiger partial charge in [-0.3, -0.25) is 4.79 Å². The molecule has 0 spiro atoms. The van der Waals surface area contributed by atoms with E-state index < -0.39 is 0 Å². The number of carbonyl (C=O) groups is 1. The molecule has 0 atom stereocenters. The Labute approximate surface area is 106 Å². The minimum absolute atomic E-state index is 0.0993. The summed E-state index contributed by atoms with van der Waals surface area (Å²) < 4.78 is 5.09. The Balaban J connectivity index is 1.99. The second-order valence-corrected chi connectivity index (χ2v) is 3.90. The highest BCUT2D eigenvalue weighted by atomic mass is 16.5. The van der Waals surface area contributed by atoms with E-state index in [0.717, 1.165) is 5.56 Å². The van der Waals surface area contributed by atoms with Gasteiger partial charge in [0.25, 0.3) is 5.91 Å². The van der Waals surface area contributed by atoms with Gasteiger partial charge in [0.2, 0.25) is 0 Å². The molecule has 0 aliphatic rings. The molecule has 2 aromatic rings. The summed E-state index contributed by atoms with van der Waals surface area (Å²) in [6.45, 7) is 0.525. The van der Waals surface area contributed by atoms with Crippen LogP contribution in [0.2, 0.25) is 0 Å². The van der Waals surface area contributed by atoms with Crippen LogP contribution in [-0.4, -0.2) is 13.0 Å². The Bertz CT molecular complexity index is 523. The molecular weight excluding hydrogens is 226 g/mol. The molecule has 0 fully saturated rings. The van der Waals surface area contributed by atoms with E-state index in [4.69, 9.17) is 4.74 Å². The highest BCUT2D eigenvalue weighted by Crippen LogP contribution is 2.12. The van der Waals surface area contributed by atoms with Gasteiger partial charge in [-0.1, -0.05) is 36.4 Å². The average molecular weight is 241 g/mol. The summed E-state index contributed by atoms with van der Waals surface area (Å²) in [6, 6.07) is 16.9. The first-order valence-corrected chi connectivity index (χ1v) is 5.76. The quantitative estimate of drug-likeness (QED) is 0.893. The summed E-state index contributed by atoms with van der Waals surface area (Å²) in [5, 5.41) is 2.87. The molecule has 0 radical (unpaired) electrons. The molecule has 0 aliphatic heterocycles. The van der Waals surface area contributed by atoms with Gasteiger partial charge in [0.1, 0.15) is 5.75 Å². The molecule has 18 heavy (non-hydrogen) atoms. The second kappa shape index (κ2) is 5.87. The van der Waals surface area contributed by atoms with Crippen LogP contribution in [0.3, 0.4) is 0 Å². The van der Waals surface area contributed by atoms with Crippen molar-refractivity contribution < 1.29 is 9.53 Å². The number of rotatable bonds is 4. The van der Waals surface area contributed by atoms with Crippen LogP contribution >= 0.6 is 0 Å². The van der Waals surface area contributed by atoms with Crippen molar-refractivity contribution in [3.63, 3.8) is 0 Å². The van der Waals surface area contributed by atoms with E-state index in [1.807, 2.05) is 36.4 Å². The molecule has 92 valence electrons. The van der Waals surface area contributed by atoms with Gasteiger partial charge in [0.05, 0.1) is 7.11 Å². The Morgan fingerprint density at radius 2 is 1.89 bits per heavy atom. The molecule has 1 amide bonds. The summed E-state index contributed by atoms with van der Waals surface area (Å²) in [7, 11) is 1.58. The van der Waals surface area contributed by atoms with E-state index in [2.05, 4.69) is 5.32 Å². The van der Waals surface area contributed by atoms with Gasteiger partial charge >= 0.3 is 0 Å². The molecule has 2 aromatic carbocycles. The van der Waals surface area contributed by atoms with E-state index in [1.54, 1.807) is 25.3 Å². The molecule has 3 heteroatoms. The first-order valence-electron chi connectivity index (χ1n) is 5.76. The highest BCUT2D eigenvalue weighted by Gasteiger charge is 2.05. The number of methoxy groups -OCH3 is 1. The maximum Gasteiger partial charge on any atom is 0.251 e. The van der Waals surface area contributed by atoms with Crippen LogP contribution in [0.5, 0.6) is 5.75 Å². The molecule has 0 saturated heterocycles. The predicted molar refractivity (Wildman–Crippen MR) is 70.6 cm³/mol. The number of carbonyl (C=O) groups excluding carboxylic acids is 1. The number of amides is 1. The molecule has 0 saturated carbocycles. The van der Waals surface area contributed by atoms with Crippen molar-refractivity contribution in [1.29, 1.82) is 0 Å². The van der Waals surface area contributed by atoms with E-state index >= 15 is 0 Å². The molecule has 2 rings (SSSR count). The molecular formula is C15H15NO2. The lowest BCUT2D eigenvalue weighted by Gasteiger charge is -2.06. The van der Waals surface area contributed by atoms with E-state index in [9.17, 15) is 4.79 Å². The summed E-state index contributed by atoms with van der Waals surface area (Å²) in [5.41, 5.74) is 1.68. The summed E-state index contributed by atoms with van der Waals surface area (Å²) in [4.78, 5) is 11.9. The summed E-state index contributed by atoms with van der Waals surface area (Å²) >= 11 is 0. The van der Waals surface area contributed by atoms with Crippen molar-refractivity contribution in [3.8, 4) is 5.75 Å². The maximum absolute atomic E-state index is 11.9. The molecule has 1 N–H and O–H groups in total. The smallest absolute Gasteiger partial charge is 0.251 e. The predicted octanol–water partition coefficient (Wildman–Crippen LogP) is 2.63. The first-order chi connectivity index (χ1) is 8.79. The zero-order valence-corrected chi connectivity index (χ0v) is 10.2. The minimum atomic E-state index is -0.0993. The fraction of sp³-hybridized carbons (Fsp3) is 0.133. The fourth-order valence-corrected chi connectivity index (χ4v) is 1.64. The lowest BCUT2D eigenvalue weighted by molar-refractivity contribution is 0.0950. The molecule has 0 aliphatic carbocycles. The maximum atomic E-state index is 11.9. The van der Waals surface area contributed by atoms with Gasteiger partial charge in [0.15, 0.2) is 0 Å². The Morgan fingerprint density at radius 1 is 1.11 bits per heavy atom. The number of nitrogens with one attached hydrogen (secondary N) is 1. The SMILES string of the molecule is COc1cccc(C(=O)NCc2ccccc2)c1. The van der Waals surface area contributed by atoms with Crippen LogP contribution in [-0.2, 0) is 6.54 Å². The van der Waals surface area contributed by atoms with Gasteiger partial charge in [-0.05, 0) is 23.8 Å². The van der Waals surface area contributed by atoms with Crippen LogP contribution in [0.4, 0.5) is 0 Å². The van der Waals surface area contributed by atoms with Crippen molar-refractivity contribution >= 4 is 5.91 Å². The van der Waals surface area contributed by atoms with Gasteiger partial charge < -0.3 is 10.1 Å². The summed E-state index contributed by atoms with van der Waals surface area (Å²) in [5.74, 6) is 0.583. The summed E-state index contributed by atoms with van der Waals surface area (Å²) in [6.07, 6.45) is 0. The van der Waals surface area contributed by atoms with Gasteiger partial charge in [0, 0.05) is 12.1 Å². The third-order valence-electron chi connectivity index (χ3n) is 2.63. The Hall–Kier alpha value is -2.29. The fourth-order valence-electron chi connectivity index (χ4n) is 1.64. The largest absolute Gasteiger partial charge is 0.497 e. The van der Waals surface area contributed by atoms with Crippen molar-refractivity contribution in [2.45, 2.75) is 6.54 Å². The van der Waals surface area contributed by atoms with Crippen molar-refractivity contribution in [1.82, 2.24) is 5.32 Å². The van der Waals surface area contributed by atoms with E-state index in [0.29, 0.717) is 17.9 Å². The lowest BCUT2D eigenvalue weighted by Crippen LogP contribution is -2.22. The average Bonchev–Trinajstić information content (AvgIpc) is 2.46. The molecule has 0 unspecified atom stereocenters. The van der Waals surface area contributed by atoms with Crippen LogP contribution in [0.15, 0.2) is 54.6 Å². The normalized spacial score (nSPS) is 9.83. The molecule has 3 nitrogen and oxygen atoms in total. The number of hydrogen-bond acceptors (Lipinski definition) is 2. The monoisotopic (exact) mass is 241 g/mol. The van der Waals surface area contributed by atoms with Crippen molar-refractivity contribution in [2.24, 2.45) is 0 Å². The third-order valence-corrected chi connectivity index (χ3v) is 2.63. The van der Waals surface area contributed by atoms with Gasteiger partial charge in [-0.15, -0.1) is 0 Å². The Kier molecular flexibility index (Phi) is 3.97. The van der Waals surface area contributed by atoms with Crippen LogP contribution < -0.4 is 10.1 Å². The van der Waals surface area contributed by atoms with Crippen molar-refractivity contribution in [3.05, 3.63) is 65.7 Å². The topological polar surface area (TPSA) is 38.3 Å². The number of benzene rings is 2. The standard InChI is InChI=1S/C15H15NO2/c1-18-14-9-5-8-13(10-14)15(17)16-11-12-6-3-2-4-7-12/h2-10H,11H2,1H3,(H,16,17). The molecule has 0 bridgehead atoms. The van der Waals surface area contributed by atoms with Crippen LogP contribution in [0, 0.1) is 0 Å². The molecule has 0 heterocycles. The number of hydrogen-bond donors (Lipinski definition) is 1. The van der Waals surface area contributed by atoms with Crippen LogP contribution in [0.1, 0.15) is 15.9 Å². The zero-order chi connectivity index (χ0) is 12.8. The zero-order valence-electron chi connectivity index (χ0n) is 10.2. The first kappa shape index (κ1) is 12.2. The van der Waals surface area contributed by atoms with Crippen molar-refractivity contribution in [2.75, 3.05) is 7.11 Å². The third kappa shape index (κ3) is 3.10. The lowest BCUT2D eigenvalue weighted by atomic mass is 10.2. The highest BCUT2D eigenvalue weighted by molar-refractivity contribution is 5.94. The van der Waals surface area contributed by atoms with E-state index in [-0.39, 0.29) is 5.91 Å². The number of ether oxygens (including phenoxy) is 1. The van der Waals surface area contributed by atoms with Gasteiger partial charge in [-0.2, -0.15) is 0 Å². The molecule has 0 aromatic heterocycles. The minimum Gasteiger partial charge on any atom is -0.497 e. The van der Waals surface area contributed by atoms with E-state index in [1.165, 1.54) is 0 Å². The van der Waals surface area contributed by atoms with Crippen LogP contribution in [0.25, 0.3) is 0 Å². The van der Waals surface area contributed by atoms with Gasteiger partial charge in [-0.25, -0.2) is 0 Å².